The van der Waals surface area contributed by atoms with Crippen molar-refractivity contribution in [2.45, 2.75) is 20.8 Å². The molecule has 1 heteroatoms. The van der Waals surface area contributed by atoms with Gasteiger partial charge in [-0.25, -0.2) is 0 Å². The molecule has 0 heterocycles. The van der Waals surface area contributed by atoms with Crippen LogP contribution in [0.25, 0.3) is 0 Å². The Morgan fingerprint density at radius 3 is 1.23 bits per heavy atom. The highest BCUT2D eigenvalue weighted by Crippen LogP contribution is 1.84. The van der Waals surface area contributed by atoms with E-state index in [-0.39, 0.29) is 0 Å². The van der Waals surface area contributed by atoms with E-state index in [1.165, 1.54) is 0 Å². The van der Waals surface area contributed by atoms with Crippen molar-refractivity contribution >= 4 is 0 Å². The fraction of sp³-hybridized carbons (Fsp3) is 0.500. The van der Waals surface area contributed by atoms with E-state index in [2.05, 4.69) is 40.4 Å². The van der Waals surface area contributed by atoms with Crippen LogP contribution in [0.15, 0.2) is 0 Å². The maximum Gasteiger partial charge on any atom is 0.0619 e. The number of hydrogen-bond acceptors (Lipinski definition) is 1. The zero-order chi connectivity index (χ0) is 9.94. The Hall–Kier alpha value is -1.36. The Balaban J connectivity index is 4.01. The Bertz CT molecular complexity index is 243. The summed E-state index contributed by atoms with van der Waals surface area (Å²) in [6.45, 7) is 7.78. The maximum absolute atomic E-state index is 3.01. The number of nitrogens with zero attached hydrogens (tertiary/aromatic N) is 1. The van der Waals surface area contributed by atoms with Gasteiger partial charge < -0.3 is 0 Å². The summed E-state index contributed by atoms with van der Waals surface area (Å²) in [6.07, 6.45) is 0. The molecular formula is C12H15N. The molecule has 68 valence electrons. The first-order valence-electron chi connectivity index (χ1n) is 4.26. The van der Waals surface area contributed by atoms with Gasteiger partial charge in [-0.1, -0.05) is 17.8 Å². The van der Waals surface area contributed by atoms with Crippen molar-refractivity contribution in [1.82, 2.24) is 4.90 Å². The monoisotopic (exact) mass is 173 g/mol. The molecule has 0 spiro atoms. The molecule has 0 aromatic rings. The summed E-state index contributed by atoms with van der Waals surface area (Å²) in [5.74, 6) is 17.6. The second-order valence-electron chi connectivity index (χ2n) is 2.43. The predicted octanol–water partition coefficient (Wildman–Crippen LogP) is 1.36. The molecule has 0 saturated heterocycles. The highest BCUT2D eigenvalue weighted by atomic mass is 15.1. The van der Waals surface area contributed by atoms with Crippen LogP contribution < -0.4 is 0 Å². The zero-order valence-corrected chi connectivity index (χ0v) is 8.57. The molecule has 0 unspecified atom stereocenters. The molecule has 0 radical (unpaired) electrons. The summed E-state index contributed by atoms with van der Waals surface area (Å²) in [4.78, 5) is 2.11. The van der Waals surface area contributed by atoms with Crippen LogP contribution in [0, 0.1) is 35.5 Å². The van der Waals surface area contributed by atoms with Crippen molar-refractivity contribution in [1.29, 1.82) is 0 Å². The van der Waals surface area contributed by atoms with Crippen molar-refractivity contribution in [2.24, 2.45) is 0 Å². The standard InChI is InChI=1S/C12H15N/c1-4-7-10-13(11-8-5-2)12-9-6-3/h10-12H2,1-3H3. The topological polar surface area (TPSA) is 3.24 Å². The molecule has 0 N–H and O–H groups in total. The third-order valence-electron chi connectivity index (χ3n) is 1.44. The molecule has 0 fully saturated rings. The lowest BCUT2D eigenvalue weighted by Crippen LogP contribution is -2.24. The van der Waals surface area contributed by atoms with E-state index >= 15 is 0 Å². The van der Waals surface area contributed by atoms with E-state index in [0.717, 1.165) is 19.6 Å². The minimum absolute atomic E-state index is 0.750. The van der Waals surface area contributed by atoms with E-state index in [9.17, 15) is 0 Å². The van der Waals surface area contributed by atoms with Crippen LogP contribution in [0.4, 0.5) is 0 Å². The number of hydrogen-bond donors (Lipinski definition) is 0. The van der Waals surface area contributed by atoms with Crippen molar-refractivity contribution in [3.05, 3.63) is 0 Å². The third kappa shape index (κ3) is 7.02. The molecule has 0 rings (SSSR count). The van der Waals surface area contributed by atoms with Crippen molar-refractivity contribution < 1.29 is 0 Å². The molecule has 0 aromatic carbocycles. The van der Waals surface area contributed by atoms with Crippen molar-refractivity contribution in [3.63, 3.8) is 0 Å². The van der Waals surface area contributed by atoms with Crippen LogP contribution in [0.2, 0.25) is 0 Å². The fourth-order valence-corrected chi connectivity index (χ4v) is 0.740. The first-order valence-corrected chi connectivity index (χ1v) is 4.26. The van der Waals surface area contributed by atoms with Crippen LogP contribution in [0.5, 0.6) is 0 Å². The molecule has 0 aliphatic heterocycles. The quantitative estimate of drug-likeness (QED) is 0.582. The van der Waals surface area contributed by atoms with Crippen molar-refractivity contribution in [2.75, 3.05) is 19.6 Å². The molecule has 0 aliphatic carbocycles. The molecule has 13 heavy (non-hydrogen) atoms. The average Bonchev–Trinajstić information content (AvgIpc) is 2.17. The molecule has 0 aliphatic rings. The minimum Gasteiger partial charge on any atom is -0.270 e. The Kier molecular flexibility index (Phi) is 7.82. The normalized spacial score (nSPS) is 7.38. The SMILES string of the molecule is CC#CCN(CC#CC)CC#CC. The second kappa shape index (κ2) is 8.73. The molecule has 1 nitrogen and oxygen atoms in total. The van der Waals surface area contributed by atoms with Crippen LogP contribution in [-0.4, -0.2) is 24.5 Å². The molecule has 0 aromatic heterocycles. The van der Waals surface area contributed by atoms with Crippen LogP contribution in [0.1, 0.15) is 20.8 Å². The third-order valence-corrected chi connectivity index (χ3v) is 1.44. The maximum atomic E-state index is 3.01. The molecular weight excluding hydrogens is 158 g/mol. The first-order chi connectivity index (χ1) is 6.35. The van der Waals surface area contributed by atoms with Gasteiger partial charge in [0.15, 0.2) is 0 Å². The summed E-state index contributed by atoms with van der Waals surface area (Å²) >= 11 is 0. The van der Waals surface area contributed by atoms with Gasteiger partial charge >= 0.3 is 0 Å². The van der Waals surface area contributed by atoms with Gasteiger partial charge in [-0.05, 0) is 20.8 Å². The van der Waals surface area contributed by atoms with Gasteiger partial charge in [0.25, 0.3) is 0 Å². The number of rotatable bonds is 3. The predicted molar refractivity (Wildman–Crippen MR) is 56.8 cm³/mol. The van der Waals surface area contributed by atoms with E-state index in [1.54, 1.807) is 0 Å². The van der Waals surface area contributed by atoms with Gasteiger partial charge in [-0.2, -0.15) is 0 Å². The molecule has 0 saturated carbocycles. The van der Waals surface area contributed by atoms with E-state index in [4.69, 9.17) is 0 Å². The van der Waals surface area contributed by atoms with Gasteiger partial charge in [0.2, 0.25) is 0 Å². The summed E-state index contributed by atoms with van der Waals surface area (Å²) in [5.41, 5.74) is 0. The lowest BCUT2D eigenvalue weighted by Gasteiger charge is -2.11. The largest absolute Gasteiger partial charge is 0.270 e. The average molecular weight is 173 g/mol. The highest BCUT2D eigenvalue weighted by Gasteiger charge is 1.96. The zero-order valence-electron chi connectivity index (χ0n) is 8.57. The smallest absolute Gasteiger partial charge is 0.0619 e. The Labute approximate surface area is 81.5 Å². The summed E-state index contributed by atoms with van der Waals surface area (Å²) < 4.78 is 0. The van der Waals surface area contributed by atoms with Gasteiger partial charge in [0, 0.05) is 0 Å². The minimum atomic E-state index is 0.750. The summed E-state index contributed by atoms with van der Waals surface area (Å²) in [6, 6.07) is 0. The highest BCUT2D eigenvalue weighted by molar-refractivity contribution is 5.06. The lowest BCUT2D eigenvalue weighted by atomic mass is 10.4. The van der Waals surface area contributed by atoms with E-state index in [0.29, 0.717) is 0 Å². The van der Waals surface area contributed by atoms with Crippen molar-refractivity contribution in [3.8, 4) is 35.5 Å². The van der Waals surface area contributed by atoms with Crippen LogP contribution in [0.3, 0.4) is 0 Å². The molecule has 0 amide bonds. The summed E-state index contributed by atoms with van der Waals surface area (Å²) in [5, 5.41) is 0. The van der Waals surface area contributed by atoms with Crippen LogP contribution >= 0.6 is 0 Å². The van der Waals surface area contributed by atoms with Gasteiger partial charge in [-0.15, -0.1) is 17.8 Å². The fourth-order valence-electron chi connectivity index (χ4n) is 0.740. The lowest BCUT2D eigenvalue weighted by molar-refractivity contribution is 0.390. The van der Waals surface area contributed by atoms with E-state index in [1.807, 2.05) is 20.8 Å². The van der Waals surface area contributed by atoms with E-state index < -0.39 is 0 Å². The van der Waals surface area contributed by atoms with Gasteiger partial charge in [0.05, 0.1) is 19.6 Å². The Morgan fingerprint density at radius 2 is 1.00 bits per heavy atom. The second-order valence-corrected chi connectivity index (χ2v) is 2.43. The van der Waals surface area contributed by atoms with Gasteiger partial charge in [-0.3, -0.25) is 4.90 Å². The Morgan fingerprint density at radius 1 is 0.692 bits per heavy atom. The van der Waals surface area contributed by atoms with Gasteiger partial charge in [0.1, 0.15) is 0 Å². The molecule has 0 bridgehead atoms. The molecule has 0 atom stereocenters. The first kappa shape index (κ1) is 11.6. The summed E-state index contributed by atoms with van der Waals surface area (Å²) in [7, 11) is 0. The van der Waals surface area contributed by atoms with Crippen LogP contribution in [-0.2, 0) is 0 Å².